The third-order valence-electron chi connectivity index (χ3n) is 2.96. The minimum atomic E-state index is -0.0860. The number of thiocarbonyl (C=S) groups is 1. The summed E-state index contributed by atoms with van der Waals surface area (Å²) in [5.74, 6) is 0.630. The first kappa shape index (κ1) is 14.6. The van der Waals surface area contributed by atoms with Crippen LogP contribution < -0.4 is 0 Å². The first-order chi connectivity index (χ1) is 10.1. The molecular weight excluding hydrogens is 370 g/mol. The van der Waals surface area contributed by atoms with Crippen molar-refractivity contribution in [3.05, 3.63) is 63.4 Å². The topological polar surface area (TPSA) is 33.5 Å². The van der Waals surface area contributed by atoms with Gasteiger partial charge >= 0.3 is 0 Å². The van der Waals surface area contributed by atoms with Gasteiger partial charge in [-0.25, -0.2) is 0 Å². The molecule has 1 amide bonds. The molecule has 0 atom stereocenters. The molecule has 3 rings (SSSR count). The van der Waals surface area contributed by atoms with Crippen LogP contribution in [0.4, 0.5) is 0 Å². The van der Waals surface area contributed by atoms with Crippen molar-refractivity contribution in [2.75, 3.05) is 0 Å². The fourth-order valence-electron chi connectivity index (χ4n) is 1.93. The van der Waals surface area contributed by atoms with Gasteiger partial charge in [0.25, 0.3) is 5.91 Å². The zero-order valence-corrected chi connectivity index (χ0v) is 14.0. The Bertz CT molecular complexity index is 725. The summed E-state index contributed by atoms with van der Waals surface area (Å²) in [4.78, 5) is 14.6. The molecule has 0 saturated carbocycles. The van der Waals surface area contributed by atoms with Gasteiger partial charge in [-0.2, -0.15) is 0 Å². The smallest absolute Gasteiger partial charge is 0.266 e. The van der Waals surface area contributed by atoms with E-state index in [2.05, 4.69) is 15.9 Å². The zero-order chi connectivity index (χ0) is 14.8. The maximum Gasteiger partial charge on any atom is 0.266 e. The molecule has 2 heterocycles. The SMILES string of the molecule is O=C1/C(=C/c2ccccc2Br)SC(=S)N1Cc1ccco1. The summed E-state index contributed by atoms with van der Waals surface area (Å²) < 4.78 is 6.77. The van der Waals surface area contributed by atoms with Crippen molar-refractivity contribution in [2.24, 2.45) is 0 Å². The highest BCUT2D eigenvalue weighted by Gasteiger charge is 2.32. The van der Waals surface area contributed by atoms with Gasteiger partial charge in [0.15, 0.2) is 0 Å². The molecule has 0 N–H and O–H groups in total. The van der Waals surface area contributed by atoms with Crippen LogP contribution in [0.25, 0.3) is 6.08 Å². The number of carbonyl (C=O) groups is 1. The van der Waals surface area contributed by atoms with E-state index >= 15 is 0 Å². The van der Waals surface area contributed by atoms with Crippen molar-refractivity contribution in [2.45, 2.75) is 6.54 Å². The Morgan fingerprint density at radius 1 is 1.29 bits per heavy atom. The zero-order valence-electron chi connectivity index (χ0n) is 10.8. The number of furan rings is 1. The summed E-state index contributed by atoms with van der Waals surface area (Å²) >= 11 is 10.1. The van der Waals surface area contributed by atoms with Crippen LogP contribution in [0.1, 0.15) is 11.3 Å². The Kier molecular flexibility index (Phi) is 4.28. The highest BCUT2D eigenvalue weighted by Crippen LogP contribution is 2.34. The molecule has 0 aliphatic carbocycles. The summed E-state index contributed by atoms with van der Waals surface area (Å²) in [6.45, 7) is 0.366. The molecule has 3 nitrogen and oxygen atoms in total. The molecule has 0 spiro atoms. The molecule has 1 aliphatic heterocycles. The summed E-state index contributed by atoms with van der Waals surface area (Å²) in [6.07, 6.45) is 3.44. The molecule has 6 heteroatoms. The Morgan fingerprint density at radius 3 is 2.81 bits per heavy atom. The molecule has 2 aromatic rings. The minimum Gasteiger partial charge on any atom is -0.467 e. The number of halogens is 1. The van der Waals surface area contributed by atoms with Gasteiger partial charge in [-0.3, -0.25) is 9.69 Å². The van der Waals surface area contributed by atoms with E-state index in [-0.39, 0.29) is 5.91 Å². The van der Waals surface area contributed by atoms with Crippen molar-refractivity contribution < 1.29 is 9.21 Å². The van der Waals surface area contributed by atoms with Crippen LogP contribution in [0, 0.1) is 0 Å². The van der Waals surface area contributed by atoms with Crippen molar-refractivity contribution in [3.8, 4) is 0 Å². The lowest BCUT2D eigenvalue weighted by Gasteiger charge is -2.11. The van der Waals surface area contributed by atoms with Crippen molar-refractivity contribution in [1.29, 1.82) is 0 Å². The average molecular weight is 380 g/mol. The maximum atomic E-state index is 12.5. The number of amides is 1. The largest absolute Gasteiger partial charge is 0.467 e. The number of benzene rings is 1. The monoisotopic (exact) mass is 379 g/mol. The standard InChI is InChI=1S/C15H10BrNO2S2/c16-12-6-2-1-4-10(12)8-13-14(18)17(15(20)21-13)9-11-5-3-7-19-11/h1-8H,9H2/b13-8-. The first-order valence-electron chi connectivity index (χ1n) is 6.17. The minimum absolute atomic E-state index is 0.0860. The molecule has 0 unspecified atom stereocenters. The Balaban J connectivity index is 1.85. The average Bonchev–Trinajstić information content (AvgIpc) is 3.06. The lowest BCUT2D eigenvalue weighted by atomic mass is 10.2. The fourth-order valence-corrected chi connectivity index (χ4v) is 3.57. The Labute approximate surface area is 140 Å². The van der Waals surface area contributed by atoms with Crippen LogP contribution in [-0.4, -0.2) is 15.1 Å². The van der Waals surface area contributed by atoms with Gasteiger partial charge in [-0.05, 0) is 29.8 Å². The summed E-state index contributed by atoms with van der Waals surface area (Å²) in [6, 6.07) is 11.4. The second kappa shape index (κ2) is 6.17. The predicted molar refractivity (Wildman–Crippen MR) is 91.6 cm³/mol. The molecule has 21 heavy (non-hydrogen) atoms. The van der Waals surface area contributed by atoms with Crippen LogP contribution in [0.15, 0.2) is 56.5 Å². The normalized spacial score (nSPS) is 17.0. The number of thioether (sulfide) groups is 1. The molecule has 1 aromatic carbocycles. The van der Waals surface area contributed by atoms with E-state index in [0.717, 1.165) is 10.0 Å². The maximum absolute atomic E-state index is 12.5. The summed E-state index contributed by atoms with van der Waals surface area (Å²) in [5.41, 5.74) is 0.955. The molecule has 1 fully saturated rings. The number of hydrogen-bond donors (Lipinski definition) is 0. The quantitative estimate of drug-likeness (QED) is 0.582. The van der Waals surface area contributed by atoms with E-state index in [1.807, 2.05) is 36.4 Å². The van der Waals surface area contributed by atoms with Gasteiger partial charge in [-0.1, -0.05) is 58.1 Å². The van der Waals surface area contributed by atoms with Gasteiger partial charge in [0.1, 0.15) is 10.1 Å². The molecule has 0 radical (unpaired) electrons. The lowest BCUT2D eigenvalue weighted by molar-refractivity contribution is -0.122. The lowest BCUT2D eigenvalue weighted by Crippen LogP contribution is -2.27. The van der Waals surface area contributed by atoms with E-state index in [1.165, 1.54) is 11.8 Å². The van der Waals surface area contributed by atoms with Crippen LogP contribution in [-0.2, 0) is 11.3 Å². The molecular formula is C15H10BrNO2S2. The van der Waals surface area contributed by atoms with E-state index in [9.17, 15) is 4.79 Å². The van der Waals surface area contributed by atoms with Crippen LogP contribution in [0.5, 0.6) is 0 Å². The first-order valence-corrected chi connectivity index (χ1v) is 8.19. The van der Waals surface area contributed by atoms with E-state index in [4.69, 9.17) is 16.6 Å². The van der Waals surface area contributed by atoms with Crippen LogP contribution in [0.3, 0.4) is 0 Å². The Hall–Kier alpha value is -1.37. The number of rotatable bonds is 3. The molecule has 106 valence electrons. The number of carbonyl (C=O) groups excluding carboxylic acids is 1. The van der Waals surface area contributed by atoms with Gasteiger partial charge in [0.2, 0.25) is 0 Å². The van der Waals surface area contributed by atoms with E-state index in [1.54, 1.807) is 17.2 Å². The van der Waals surface area contributed by atoms with Crippen molar-refractivity contribution in [3.63, 3.8) is 0 Å². The molecule has 1 aromatic heterocycles. The molecule has 0 bridgehead atoms. The van der Waals surface area contributed by atoms with Crippen molar-refractivity contribution >= 4 is 56.2 Å². The van der Waals surface area contributed by atoms with Gasteiger partial charge in [0.05, 0.1) is 17.7 Å². The second-order valence-electron chi connectivity index (χ2n) is 4.37. The van der Waals surface area contributed by atoms with Crippen LogP contribution in [0.2, 0.25) is 0 Å². The summed E-state index contributed by atoms with van der Waals surface area (Å²) in [7, 11) is 0. The second-order valence-corrected chi connectivity index (χ2v) is 6.90. The van der Waals surface area contributed by atoms with E-state index in [0.29, 0.717) is 21.5 Å². The number of nitrogens with zero attached hydrogens (tertiary/aromatic N) is 1. The molecule has 1 saturated heterocycles. The van der Waals surface area contributed by atoms with Gasteiger partial charge in [0, 0.05) is 4.47 Å². The van der Waals surface area contributed by atoms with Gasteiger partial charge < -0.3 is 4.42 Å². The number of hydrogen-bond acceptors (Lipinski definition) is 4. The van der Waals surface area contributed by atoms with E-state index < -0.39 is 0 Å². The third-order valence-corrected chi connectivity index (χ3v) is 5.06. The van der Waals surface area contributed by atoms with Gasteiger partial charge in [-0.15, -0.1) is 0 Å². The predicted octanol–water partition coefficient (Wildman–Crippen LogP) is 4.44. The van der Waals surface area contributed by atoms with Crippen LogP contribution >= 0.6 is 39.9 Å². The third kappa shape index (κ3) is 3.12. The Morgan fingerprint density at radius 2 is 2.10 bits per heavy atom. The fraction of sp³-hybridized carbons (Fsp3) is 0.0667. The summed E-state index contributed by atoms with van der Waals surface area (Å²) in [5, 5.41) is 0. The highest BCUT2D eigenvalue weighted by atomic mass is 79.9. The van der Waals surface area contributed by atoms with Crippen molar-refractivity contribution in [1.82, 2.24) is 4.90 Å². The highest BCUT2D eigenvalue weighted by molar-refractivity contribution is 9.10. The molecule has 1 aliphatic rings.